The van der Waals surface area contributed by atoms with Crippen molar-refractivity contribution in [3.05, 3.63) is 24.0 Å². The number of nitrogens with zero attached hydrogens (tertiary/aromatic N) is 1. The summed E-state index contributed by atoms with van der Waals surface area (Å²) in [7, 11) is 0. The third-order valence-corrected chi connectivity index (χ3v) is 4.12. The topological polar surface area (TPSA) is 57.2 Å². The molecule has 2 unspecified atom stereocenters. The lowest BCUT2D eigenvalue weighted by atomic mass is 10.2. The molecule has 1 aromatic heterocycles. The number of aromatic nitrogens is 1. The molecule has 0 fully saturated rings. The van der Waals surface area contributed by atoms with Gasteiger partial charge in [-0.2, -0.15) is 13.2 Å². The van der Waals surface area contributed by atoms with Gasteiger partial charge in [-0.1, -0.05) is 0 Å². The van der Waals surface area contributed by atoms with Crippen molar-refractivity contribution in [1.82, 2.24) is 9.71 Å². The van der Waals surface area contributed by atoms with E-state index in [2.05, 4.69) is 14.4 Å². The first-order chi connectivity index (χ1) is 9.49. The third kappa shape index (κ3) is 6.54. The Labute approximate surface area is 125 Å². The van der Waals surface area contributed by atoms with Gasteiger partial charge in [0.2, 0.25) is 0 Å². The van der Waals surface area contributed by atoms with Crippen LogP contribution in [0, 0.1) is 0 Å². The van der Waals surface area contributed by atoms with Crippen molar-refractivity contribution in [3.63, 3.8) is 0 Å². The van der Waals surface area contributed by atoms with Crippen LogP contribution in [-0.2, 0) is 11.4 Å². The lowest BCUT2D eigenvalue weighted by Crippen LogP contribution is -2.40. The summed E-state index contributed by atoms with van der Waals surface area (Å²) < 4.78 is 55.4. The average Bonchev–Trinajstić information content (AvgIpc) is 2.34. The van der Waals surface area contributed by atoms with E-state index in [-0.39, 0.29) is 11.8 Å². The van der Waals surface area contributed by atoms with Crippen molar-refractivity contribution in [3.8, 4) is 5.75 Å². The zero-order valence-electron chi connectivity index (χ0n) is 12.3. The maximum Gasteiger partial charge on any atom is 0.422 e. The van der Waals surface area contributed by atoms with Crippen LogP contribution in [0.1, 0.15) is 39.4 Å². The number of pyridine rings is 1. The highest BCUT2D eigenvalue weighted by Gasteiger charge is 2.30. The molecule has 0 spiro atoms. The second-order valence-corrected chi connectivity index (χ2v) is 7.54. The first-order valence-corrected chi connectivity index (χ1v) is 7.47. The van der Waals surface area contributed by atoms with Crippen LogP contribution in [0.2, 0.25) is 0 Å². The van der Waals surface area contributed by atoms with E-state index in [1.54, 1.807) is 6.92 Å². The molecule has 0 bridgehead atoms. The summed E-state index contributed by atoms with van der Waals surface area (Å²) in [5.74, 6) is 0.0764. The Bertz CT molecular complexity index is 463. The standard InChI is InChI=1S/C13H19F3N2O2S/c1-9(18-21(19)12(2,3)4)11-7-10(5-6-17-11)20-8-13(14,15)16/h5-7,9,18H,8H2,1-4H3. The summed E-state index contributed by atoms with van der Waals surface area (Å²) >= 11 is -1.30. The zero-order chi connectivity index (χ0) is 16.3. The molecule has 0 aromatic carbocycles. The Kier molecular flexibility index (Phi) is 5.89. The van der Waals surface area contributed by atoms with Crippen LogP contribution >= 0.6 is 0 Å². The van der Waals surface area contributed by atoms with Crippen molar-refractivity contribution >= 4 is 11.4 Å². The van der Waals surface area contributed by atoms with Gasteiger partial charge in [0.05, 0.1) is 11.7 Å². The van der Waals surface area contributed by atoms with Crippen molar-refractivity contribution in [2.75, 3.05) is 6.61 Å². The van der Waals surface area contributed by atoms with E-state index in [0.717, 1.165) is 0 Å². The van der Waals surface area contributed by atoms with Crippen LogP contribution in [0.3, 0.4) is 0 Å². The first-order valence-electron chi connectivity index (χ1n) is 6.32. The minimum Gasteiger partial charge on any atom is -0.598 e. The monoisotopic (exact) mass is 324 g/mol. The fourth-order valence-corrected chi connectivity index (χ4v) is 2.11. The van der Waals surface area contributed by atoms with E-state index in [9.17, 15) is 17.7 Å². The summed E-state index contributed by atoms with van der Waals surface area (Å²) in [6.45, 7) is 5.84. The second-order valence-electron chi connectivity index (χ2n) is 5.54. The Hall–Kier alpha value is -0.990. The molecule has 4 nitrogen and oxygen atoms in total. The fraction of sp³-hybridized carbons (Fsp3) is 0.615. The molecule has 1 N–H and O–H groups in total. The maximum absolute atomic E-state index is 12.1. The molecule has 1 rings (SSSR count). The first kappa shape index (κ1) is 18.1. The molecule has 120 valence electrons. The van der Waals surface area contributed by atoms with Gasteiger partial charge in [-0.15, -0.1) is 4.72 Å². The second kappa shape index (κ2) is 6.85. The number of ether oxygens (including phenoxy) is 1. The maximum atomic E-state index is 12.1. The summed E-state index contributed by atoms with van der Waals surface area (Å²) in [6, 6.07) is 2.38. The fourth-order valence-electron chi connectivity index (χ4n) is 1.32. The molecule has 1 aromatic rings. The van der Waals surface area contributed by atoms with Crippen LogP contribution < -0.4 is 9.46 Å². The highest BCUT2D eigenvalue weighted by atomic mass is 32.2. The van der Waals surface area contributed by atoms with E-state index in [4.69, 9.17) is 0 Å². The summed E-state index contributed by atoms with van der Waals surface area (Å²) in [6.07, 6.45) is -3.03. The molecule has 0 amide bonds. The lowest BCUT2D eigenvalue weighted by Gasteiger charge is -2.26. The van der Waals surface area contributed by atoms with Gasteiger partial charge in [-0.3, -0.25) is 4.98 Å². The zero-order valence-corrected chi connectivity index (χ0v) is 13.1. The normalized spacial score (nSPS) is 15.6. The molecule has 0 saturated heterocycles. The molecular formula is C13H19F3N2O2S. The number of hydrogen-bond acceptors (Lipinski definition) is 4. The minimum absolute atomic E-state index is 0.0764. The van der Waals surface area contributed by atoms with E-state index in [1.807, 2.05) is 20.8 Å². The number of rotatable bonds is 5. The number of nitrogens with one attached hydrogen (secondary N) is 1. The molecule has 2 atom stereocenters. The SMILES string of the molecule is CC(N[S+]([O-])C(C)(C)C)c1cc(OCC(F)(F)F)ccn1. The van der Waals surface area contributed by atoms with Gasteiger partial charge in [0, 0.05) is 23.6 Å². The van der Waals surface area contributed by atoms with Gasteiger partial charge in [-0.25, -0.2) is 0 Å². The predicted octanol–water partition coefficient (Wildman–Crippen LogP) is 3.14. The van der Waals surface area contributed by atoms with E-state index in [1.165, 1.54) is 18.3 Å². The van der Waals surface area contributed by atoms with E-state index < -0.39 is 28.9 Å². The Morgan fingerprint density at radius 1 is 1.38 bits per heavy atom. The highest BCUT2D eigenvalue weighted by molar-refractivity contribution is 7.90. The van der Waals surface area contributed by atoms with Crippen LogP contribution in [0.5, 0.6) is 5.75 Å². The van der Waals surface area contributed by atoms with Gasteiger partial charge in [0.25, 0.3) is 0 Å². The van der Waals surface area contributed by atoms with Gasteiger partial charge < -0.3 is 9.29 Å². The van der Waals surface area contributed by atoms with Gasteiger partial charge in [-0.05, 0) is 33.8 Å². The minimum atomic E-state index is -4.39. The van der Waals surface area contributed by atoms with E-state index in [0.29, 0.717) is 5.69 Å². The number of hydrogen-bond donors (Lipinski definition) is 1. The molecule has 0 aliphatic rings. The molecular weight excluding hydrogens is 305 g/mol. The van der Waals surface area contributed by atoms with Crippen LogP contribution in [0.15, 0.2) is 18.3 Å². The number of alkyl halides is 3. The molecule has 0 saturated carbocycles. The summed E-state index contributed by atoms with van der Waals surface area (Å²) in [5.41, 5.74) is 0.465. The van der Waals surface area contributed by atoms with Crippen molar-refractivity contribution in [2.24, 2.45) is 0 Å². The molecule has 0 aliphatic carbocycles. The Morgan fingerprint density at radius 2 is 2.00 bits per heavy atom. The third-order valence-electron chi connectivity index (χ3n) is 2.44. The van der Waals surface area contributed by atoms with Crippen LogP contribution in [0.4, 0.5) is 13.2 Å². The predicted molar refractivity (Wildman–Crippen MR) is 75.2 cm³/mol. The Balaban J connectivity index is 2.71. The average molecular weight is 324 g/mol. The van der Waals surface area contributed by atoms with Crippen molar-refractivity contribution in [1.29, 1.82) is 0 Å². The molecule has 0 aliphatic heterocycles. The number of halogens is 3. The molecule has 0 radical (unpaired) electrons. The van der Waals surface area contributed by atoms with E-state index >= 15 is 0 Å². The Morgan fingerprint density at radius 3 is 2.52 bits per heavy atom. The van der Waals surface area contributed by atoms with Crippen LogP contribution in [-0.4, -0.2) is 27.1 Å². The summed E-state index contributed by atoms with van der Waals surface area (Å²) in [5, 5.41) is 0. The summed E-state index contributed by atoms with van der Waals surface area (Å²) in [4.78, 5) is 4.06. The highest BCUT2D eigenvalue weighted by Crippen LogP contribution is 2.22. The van der Waals surface area contributed by atoms with Gasteiger partial charge in [0.15, 0.2) is 6.61 Å². The molecule has 8 heteroatoms. The van der Waals surface area contributed by atoms with Crippen molar-refractivity contribution < 1.29 is 22.5 Å². The lowest BCUT2D eigenvalue weighted by molar-refractivity contribution is -0.153. The largest absolute Gasteiger partial charge is 0.598 e. The molecule has 1 heterocycles. The molecule has 21 heavy (non-hydrogen) atoms. The quantitative estimate of drug-likeness (QED) is 0.846. The van der Waals surface area contributed by atoms with Gasteiger partial charge in [0.1, 0.15) is 10.5 Å². The van der Waals surface area contributed by atoms with Gasteiger partial charge >= 0.3 is 6.18 Å². The van der Waals surface area contributed by atoms with Crippen LogP contribution in [0.25, 0.3) is 0 Å². The smallest absolute Gasteiger partial charge is 0.422 e. The van der Waals surface area contributed by atoms with Crippen molar-refractivity contribution in [2.45, 2.75) is 44.7 Å².